The first-order valence-corrected chi connectivity index (χ1v) is 14.1. The highest BCUT2D eigenvalue weighted by atomic mass is 35.5. The first-order chi connectivity index (χ1) is 16.4. The Hall–Kier alpha value is -2.29. The zero-order chi connectivity index (χ0) is 26.2. The molecule has 0 fully saturated rings. The summed E-state index contributed by atoms with van der Waals surface area (Å²) in [5.41, 5.74) is 1.23. The lowest BCUT2D eigenvalue weighted by atomic mass is 10.1. The second-order valence-electron chi connectivity index (χ2n) is 8.56. The van der Waals surface area contributed by atoms with Crippen LogP contribution in [-0.4, -0.2) is 50.0 Å². The van der Waals surface area contributed by atoms with E-state index in [1.165, 1.54) is 9.21 Å². The smallest absolute Gasteiger partial charge is 0.242 e. The average molecular weight is 543 g/mol. The Bertz CT molecular complexity index is 1130. The van der Waals surface area contributed by atoms with Crippen LogP contribution in [0.1, 0.15) is 45.6 Å². The summed E-state index contributed by atoms with van der Waals surface area (Å²) >= 11 is 12.1. The molecule has 0 radical (unpaired) electrons. The predicted octanol–water partition coefficient (Wildman–Crippen LogP) is 4.87. The first-order valence-electron chi connectivity index (χ1n) is 11.5. The molecule has 0 spiro atoms. The summed E-state index contributed by atoms with van der Waals surface area (Å²) in [5, 5.41) is 3.88. The number of amides is 2. The quantitative estimate of drug-likeness (QED) is 0.415. The van der Waals surface area contributed by atoms with Crippen molar-refractivity contribution in [3.05, 3.63) is 64.1 Å². The van der Waals surface area contributed by atoms with Crippen LogP contribution < -0.4 is 9.62 Å². The van der Waals surface area contributed by atoms with Gasteiger partial charge in [-0.2, -0.15) is 0 Å². The Kier molecular flexibility index (Phi) is 10.9. The standard InChI is InChI=1S/C25H33Cl2N3O4S/c1-5-18(2)28-25(32)19(3)29(17-20-9-6-10-21(26)15-20)24(31)13-8-14-30(35(4,33)34)23-12-7-11-22(27)16-23/h6-7,9-12,15-16,18-19H,5,8,13-14,17H2,1-4H3,(H,28,32)/t18-,19+/m1/s1. The Morgan fingerprint density at radius 3 is 2.23 bits per heavy atom. The molecule has 10 heteroatoms. The predicted molar refractivity (Wildman–Crippen MR) is 142 cm³/mol. The number of carbonyl (C=O) groups excluding carboxylic acids is 2. The van der Waals surface area contributed by atoms with E-state index in [9.17, 15) is 18.0 Å². The van der Waals surface area contributed by atoms with E-state index in [-0.39, 0.29) is 43.8 Å². The van der Waals surface area contributed by atoms with Crippen molar-refractivity contribution in [2.45, 2.75) is 58.7 Å². The number of hydrogen-bond acceptors (Lipinski definition) is 4. The first kappa shape index (κ1) is 28.9. The van der Waals surface area contributed by atoms with Crippen molar-refractivity contribution in [3.8, 4) is 0 Å². The molecule has 2 aromatic carbocycles. The summed E-state index contributed by atoms with van der Waals surface area (Å²) in [5.74, 6) is -0.497. The molecule has 0 saturated carbocycles. The highest BCUT2D eigenvalue weighted by Gasteiger charge is 2.27. The molecule has 2 rings (SSSR count). The number of rotatable bonds is 12. The molecular formula is C25H33Cl2N3O4S. The van der Waals surface area contributed by atoms with E-state index in [0.29, 0.717) is 15.7 Å². The van der Waals surface area contributed by atoms with Crippen molar-refractivity contribution in [2.75, 3.05) is 17.1 Å². The highest BCUT2D eigenvalue weighted by Crippen LogP contribution is 2.23. The van der Waals surface area contributed by atoms with Gasteiger partial charge in [0.05, 0.1) is 11.9 Å². The minimum absolute atomic E-state index is 0.0194. The van der Waals surface area contributed by atoms with Gasteiger partial charge in [-0.15, -0.1) is 0 Å². The van der Waals surface area contributed by atoms with Crippen LogP contribution in [0.2, 0.25) is 10.0 Å². The van der Waals surface area contributed by atoms with Gasteiger partial charge in [-0.05, 0) is 62.6 Å². The fourth-order valence-electron chi connectivity index (χ4n) is 3.52. The summed E-state index contributed by atoms with van der Waals surface area (Å²) in [6, 6.07) is 13.0. The van der Waals surface area contributed by atoms with Gasteiger partial charge < -0.3 is 10.2 Å². The lowest BCUT2D eigenvalue weighted by Gasteiger charge is -2.30. The molecule has 1 N–H and O–H groups in total. The van der Waals surface area contributed by atoms with Crippen LogP contribution in [0.15, 0.2) is 48.5 Å². The van der Waals surface area contributed by atoms with E-state index in [4.69, 9.17) is 23.2 Å². The molecular weight excluding hydrogens is 509 g/mol. The van der Waals surface area contributed by atoms with Crippen molar-refractivity contribution in [3.63, 3.8) is 0 Å². The molecule has 2 aromatic rings. The van der Waals surface area contributed by atoms with E-state index >= 15 is 0 Å². The number of nitrogens with zero attached hydrogens (tertiary/aromatic N) is 2. The van der Waals surface area contributed by atoms with Gasteiger partial charge in [0.2, 0.25) is 21.8 Å². The van der Waals surface area contributed by atoms with E-state index in [2.05, 4.69) is 5.32 Å². The van der Waals surface area contributed by atoms with Crippen LogP contribution in [0.4, 0.5) is 5.69 Å². The normalized spacial score (nSPS) is 13.1. The van der Waals surface area contributed by atoms with Gasteiger partial charge in [-0.1, -0.05) is 48.3 Å². The van der Waals surface area contributed by atoms with Crippen molar-refractivity contribution < 1.29 is 18.0 Å². The molecule has 0 saturated heterocycles. The summed E-state index contributed by atoms with van der Waals surface area (Å²) < 4.78 is 26.0. The van der Waals surface area contributed by atoms with Crippen molar-refractivity contribution >= 4 is 50.7 Å². The molecule has 35 heavy (non-hydrogen) atoms. The zero-order valence-electron chi connectivity index (χ0n) is 20.5. The Morgan fingerprint density at radius 1 is 1.03 bits per heavy atom. The number of sulfonamides is 1. The SMILES string of the molecule is CC[C@@H](C)NC(=O)[C@H](C)N(Cc1cccc(Cl)c1)C(=O)CCCN(c1cccc(Cl)c1)S(C)(=O)=O. The van der Waals surface area contributed by atoms with Crippen molar-refractivity contribution in [2.24, 2.45) is 0 Å². The number of carbonyl (C=O) groups is 2. The molecule has 0 aromatic heterocycles. The minimum atomic E-state index is -3.58. The average Bonchev–Trinajstić information content (AvgIpc) is 2.78. The van der Waals surface area contributed by atoms with E-state index in [1.54, 1.807) is 49.4 Å². The molecule has 7 nitrogen and oxygen atoms in total. The number of benzene rings is 2. The lowest BCUT2D eigenvalue weighted by molar-refractivity contribution is -0.140. The summed E-state index contributed by atoms with van der Waals surface area (Å²) in [6.45, 7) is 5.87. The number of halogens is 2. The second-order valence-corrected chi connectivity index (χ2v) is 11.3. The van der Waals surface area contributed by atoms with Crippen LogP contribution in [-0.2, 0) is 26.2 Å². The van der Waals surface area contributed by atoms with Gasteiger partial charge in [0, 0.05) is 35.6 Å². The maximum atomic E-state index is 13.3. The molecule has 192 valence electrons. The zero-order valence-corrected chi connectivity index (χ0v) is 22.8. The third-order valence-electron chi connectivity index (χ3n) is 5.66. The van der Waals surface area contributed by atoms with E-state index < -0.39 is 16.1 Å². The Balaban J connectivity index is 2.17. The molecule has 0 aliphatic heterocycles. The Morgan fingerprint density at radius 2 is 1.66 bits per heavy atom. The monoisotopic (exact) mass is 541 g/mol. The van der Waals surface area contributed by atoms with Crippen LogP contribution in [0.3, 0.4) is 0 Å². The fraction of sp³-hybridized carbons (Fsp3) is 0.440. The molecule has 0 aliphatic rings. The fourth-order valence-corrected chi connectivity index (χ4v) is 4.87. The summed E-state index contributed by atoms with van der Waals surface area (Å²) in [7, 11) is -3.58. The van der Waals surface area contributed by atoms with Crippen molar-refractivity contribution in [1.29, 1.82) is 0 Å². The number of anilines is 1. The largest absolute Gasteiger partial charge is 0.352 e. The molecule has 2 atom stereocenters. The summed E-state index contributed by atoms with van der Waals surface area (Å²) in [4.78, 5) is 27.6. The molecule has 0 heterocycles. The van der Waals surface area contributed by atoms with Gasteiger partial charge in [0.25, 0.3) is 0 Å². The molecule has 0 aliphatic carbocycles. The topological polar surface area (TPSA) is 86.8 Å². The maximum absolute atomic E-state index is 13.3. The molecule has 0 bridgehead atoms. The third-order valence-corrected chi connectivity index (χ3v) is 7.32. The van der Waals surface area contributed by atoms with Gasteiger partial charge >= 0.3 is 0 Å². The van der Waals surface area contributed by atoms with E-state index in [1.807, 2.05) is 19.9 Å². The van der Waals surface area contributed by atoms with Crippen LogP contribution in [0.5, 0.6) is 0 Å². The second kappa shape index (κ2) is 13.1. The van der Waals surface area contributed by atoms with Crippen LogP contribution >= 0.6 is 23.2 Å². The third kappa shape index (κ3) is 9.02. The maximum Gasteiger partial charge on any atom is 0.242 e. The van der Waals surface area contributed by atoms with Gasteiger partial charge in [0.1, 0.15) is 6.04 Å². The van der Waals surface area contributed by atoms with Gasteiger partial charge in [-0.25, -0.2) is 8.42 Å². The lowest BCUT2D eigenvalue weighted by Crippen LogP contribution is -2.49. The van der Waals surface area contributed by atoms with E-state index in [0.717, 1.165) is 18.2 Å². The summed E-state index contributed by atoms with van der Waals surface area (Å²) in [6.07, 6.45) is 2.21. The Labute approximate surface area is 218 Å². The van der Waals surface area contributed by atoms with Gasteiger partial charge in [0.15, 0.2) is 0 Å². The number of hydrogen-bond donors (Lipinski definition) is 1. The van der Waals surface area contributed by atoms with Crippen LogP contribution in [0, 0.1) is 0 Å². The molecule has 0 unspecified atom stereocenters. The number of nitrogens with one attached hydrogen (secondary N) is 1. The van der Waals surface area contributed by atoms with Crippen molar-refractivity contribution in [1.82, 2.24) is 10.2 Å². The van der Waals surface area contributed by atoms with Crippen LogP contribution in [0.25, 0.3) is 0 Å². The molecule has 2 amide bonds. The van der Waals surface area contributed by atoms with Gasteiger partial charge in [-0.3, -0.25) is 13.9 Å². The minimum Gasteiger partial charge on any atom is -0.352 e. The highest BCUT2D eigenvalue weighted by molar-refractivity contribution is 7.92.